The number of ether oxygens (including phenoxy) is 2. The lowest BCUT2D eigenvalue weighted by Crippen LogP contribution is -2.37. The third-order valence-corrected chi connectivity index (χ3v) is 4.39. The van der Waals surface area contributed by atoms with Gasteiger partial charge < -0.3 is 14.8 Å². The predicted molar refractivity (Wildman–Crippen MR) is 101 cm³/mol. The molecule has 0 radical (unpaired) electrons. The van der Waals surface area contributed by atoms with Crippen LogP contribution in [0.25, 0.3) is 0 Å². The maximum atomic E-state index is 6.22. The van der Waals surface area contributed by atoms with E-state index in [0.29, 0.717) is 22.6 Å². The number of hydrogen-bond acceptors (Lipinski definition) is 4. The SMILES string of the molecule is CCN1CCCC1CNCc1cc(Cl)c(OC)c(OC)c1.Cl.Cl. The van der Waals surface area contributed by atoms with Gasteiger partial charge >= 0.3 is 0 Å². The Morgan fingerprint density at radius 2 is 2.00 bits per heavy atom. The molecule has 1 fully saturated rings. The largest absolute Gasteiger partial charge is 0.493 e. The Morgan fingerprint density at radius 3 is 2.61 bits per heavy atom. The molecular weight excluding hydrogens is 359 g/mol. The van der Waals surface area contributed by atoms with E-state index in [-0.39, 0.29) is 24.8 Å². The molecule has 4 nitrogen and oxygen atoms in total. The van der Waals surface area contributed by atoms with Crippen LogP contribution in [0.1, 0.15) is 25.3 Å². The molecule has 0 bridgehead atoms. The highest BCUT2D eigenvalue weighted by atomic mass is 35.5. The quantitative estimate of drug-likeness (QED) is 0.774. The fourth-order valence-corrected chi connectivity index (χ4v) is 3.31. The molecule has 134 valence electrons. The van der Waals surface area contributed by atoms with Crippen molar-refractivity contribution in [1.82, 2.24) is 10.2 Å². The van der Waals surface area contributed by atoms with Gasteiger partial charge in [-0.1, -0.05) is 18.5 Å². The van der Waals surface area contributed by atoms with E-state index >= 15 is 0 Å². The molecule has 1 saturated heterocycles. The minimum atomic E-state index is 0. The molecule has 0 spiro atoms. The summed E-state index contributed by atoms with van der Waals surface area (Å²) in [4.78, 5) is 2.54. The van der Waals surface area contributed by atoms with Gasteiger partial charge in [-0.2, -0.15) is 0 Å². The van der Waals surface area contributed by atoms with Crippen molar-refractivity contribution in [3.05, 3.63) is 22.7 Å². The van der Waals surface area contributed by atoms with Crippen LogP contribution in [-0.2, 0) is 6.54 Å². The topological polar surface area (TPSA) is 33.7 Å². The summed E-state index contributed by atoms with van der Waals surface area (Å²) in [6.07, 6.45) is 2.59. The highest BCUT2D eigenvalue weighted by Crippen LogP contribution is 2.35. The van der Waals surface area contributed by atoms with E-state index in [4.69, 9.17) is 21.1 Å². The van der Waals surface area contributed by atoms with Crippen LogP contribution in [0.15, 0.2) is 12.1 Å². The van der Waals surface area contributed by atoms with E-state index in [2.05, 4.69) is 17.1 Å². The fraction of sp³-hybridized carbons (Fsp3) is 0.625. The van der Waals surface area contributed by atoms with E-state index in [9.17, 15) is 0 Å². The molecule has 1 unspecified atom stereocenters. The first-order valence-electron chi connectivity index (χ1n) is 7.54. The second kappa shape index (κ2) is 11.2. The van der Waals surface area contributed by atoms with Crippen molar-refractivity contribution < 1.29 is 9.47 Å². The van der Waals surface area contributed by atoms with Crippen LogP contribution in [0.5, 0.6) is 11.5 Å². The van der Waals surface area contributed by atoms with Gasteiger partial charge in [0.15, 0.2) is 11.5 Å². The summed E-state index contributed by atoms with van der Waals surface area (Å²) in [5.41, 5.74) is 1.11. The zero-order chi connectivity index (χ0) is 15.2. The number of nitrogens with zero attached hydrogens (tertiary/aromatic N) is 1. The van der Waals surface area contributed by atoms with Gasteiger partial charge in [-0.25, -0.2) is 0 Å². The molecule has 1 aliphatic rings. The summed E-state index contributed by atoms with van der Waals surface area (Å²) in [5, 5.41) is 4.11. The van der Waals surface area contributed by atoms with E-state index < -0.39 is 0 Å². The Balaban J connectivity index is 0.00000242. The number of rotatable bonds is 7. The Labute approximate surface area is 156 Å². The van der Waals surface area contributed by atoms with Crippen molar-refractivity contribution in [3.8, 4) is 11.5 Å². The highest BCUT2D eigenvalue weighted by molar-refractivity contribution is 6.32. The standard InChI is InChI=1S/C16H25ClN2O2.2ClH/c1-4-19-7-5-6-13(19)11-18-10-12-8-14(17)16(21-3)15(9-12)20-2;;/h8-9,13,18H,4-7,10-11H2,1-3H3;2*1H. The van der Waals surface area contributed by atoms with Crippen LogP contribution in [0, 0.1) is 0 Å². The average Bonchev–Trinajstić information content (AvgIpc) is 2.94. The van der Waals surface area contributed by atoms with Gasteiger partial charge in [0.2, 0.25) is 0 Å². The summed E-state index contributed by atoms with van der Waals surface area (Å²) < 4.78 is 10.6. The molecule has 0 saturated carbocycles. The monoisotopic (exact) mass is 384 g/mol. The molecule has 2 rings (SSSR count). The molecule has 1 atom stereocenters. The molecule has 7 heteroatoms. The van der Waals surface area contributed by atoms with Crippen molar-refractivity contribution in [1.29, 1.82) is 0 Å². The molecule has 1 heterocycles. The van der Waals surface area contributed by atoms with Crippen LogP contribution < -0.4 is 14.8 Å². The highest BCUT2D eigenvalue weighted by Gasteiger charge is 2.22. The van der Waals surface area contributed by atoms with Crippen LogP contribution in [-0.4, -0.2) is 44.8 Å². The second-order valence-corrected chi connectivity index (χ2v) is 5.78. The molecule has 1 N–H and O–H groups in total. The first-order chi connectivity index (χ1) is 10.2. The zero-order valence-corrected chi connectivity index (χ0v) is 16.3. The van der Waals surface area contributed by atoms with Crippen LogP contribution in [0.4, 0.5) is 0 Å². The number of hydrogen-bond donors (Lipinski definition) is 1. The lowest BCUT2D eigenvalue weighted by atomic mass is 10.1. The van der Waals surface area contributed by atoms with Crippen molar-refractivity contribution >= 4 is 36.4 Å². The smallest absolute Gasteiger partial charge is 0.179 e. The summed E-state index contributed by atoms with van der Waals surface area (Å²) in [5.74, 6) is 1.27. The van der Waals surface area contributed by atoms with E-state index in [1.807, 2.05) is 12.1 Å². The maximum Gasteiger partial charge on any atom is 0.179 e. The van der Waals surface area contributed by atoms with Crippen molar-refractivity contribution in [2.24, 2.45) is 0 Å². The lowest BCUT2D eigenvalue weighted by molar-refractivity contribution is 0.260. The van der Waals surface area contributed by atoms with Gasteiger partial charge in [0.25, 0.3) is 0 Å². The molecule has 0 aromatic heterocycles. The predicted octanol–water partition coefficient (Wildman–Crippen LogP) is 3.77. The van der Waals surface area contributed by atoms with Gasteiger partial charge in [0.05, 0.1) is 19.2 Å². The van der Waals surface area contributed by atoms with Crippen LogP contribution >= 0.6 is 36.4 Å². The minimum Gasteiger partial charge on any atom is -0.493 e. The second-order valence-electron chi connectivity index (χ2n) is 5.37. The van der Waals surface area contributed by atoms with E-state index in [1.165, 1.54) is 19.4 Å². The fourth-order valence-electron chi connectivity index (χ4n) is 3.00. The van der Waals surface area contributed by atoms with Crippen molar-refractivity contribution in [3.63, 3.8) is 0 Å². The number of nitrogens with one attached hydrogen (secondary N) is 1. The van der Waals surface area contributed by atoms with Crippen LogP contribution in [0.2, 0.25) is 5.02 Å². The first-order valence-corrected chi connectivity index (χ1v) is 7.92. The molecular formula is C16H27Cl3N2O2. The van der Waals surface area contributed by atoms with Crippen molar-refractivity contribution in [2.45, 2.75) is 32.4 Å². The van der Waals surface area contributed by atoms with E-state index in [0.717, 1.165) is 25.2 Å². The summed E-state index contributed by atoms with van der Waals surface area (Å²) in [7, 11) is 3.23. The van der Waals surface area contributed by atoms with Gasteiger partial charge in [0.1, 0.15) is 0 Å². The summed E-state index contributed by atoms with van der Waals surface area (Å²) in [6, 6.07) is 4.57. The summed E-state index contributed by atoms with van der Waals surface area (Å²) >= 11 is 6.22. The normalized spacial score (nSPS) is 17.3. The Hall–Kier alpha value is -0.390. The molecule has 0 aliphatic carbocycles. The molecule has 1 aliphatic heterocycles. The molecule has 1 aromatic carbocycles. The van der Waals surface area contributed by atoms with Crippen LogP contribution in [0.3, 0.4) is 0 Å². The third-order valence-electron chi connectivity index (χ3n) is 4.11. The Morgan fingerprint density at radius 1 is 1.26 bits per heavy atom. The zero-order valence-electron chi connectivity index (χ0n) is 13.9. The Kier molecular flexibility index (Phi) is 11.0. The average molecular weight is 386 g/mol. The van der Waals surface area contributed by atoms with Crippen molar-refractivity contribution in [2.75, 3.05) is 33.9 Å². The number of likely N-dealkylation sites (tertiary alicyclic amines) is 1. The number of benzene rings is 1. The molecule has 23 heavy (non-hydrogen) atoms. The third kappa shape index (κ3) is 5.87. The molecule has 0 amide bonds. The number of likely N-dealkylation sites (N-methyl/N-ethyl adjacent to an activating group) is 1. The van der Waals surface area contributed by atoms with Gasteiger partial charge in [-0.15, -0.1) is 24.8 Å². The van der Waals surface area contributed by atoms with Gasteiger partial charge in [-0.3, -0.25) is 4.90 Å². The van der Waals surface area contributed by atoms with Gasteiger partial charge in [0, 0.05) is 19.1 Å². The number of halogens is 3. The van der Waals surface area contributed by atoms with E-state index in [1.54, 1.807) is 14.2 Å². The lowest BCUT2D eigenvalue weighted by Gasteiger charge is -2.23. The molecule has 1 aromatic rings. The minimum absolute atomic E-state index is 0. The Bertz CT molecular complexity index is 475. The van der Waals surface area contributed by atoms with Gasteiger partial charge in [-0.05, 0) is 43.6 Å². The maximum absolute atomic E-state index is 6.22. The number of methoxy groups -OCH3 is 2. The first kappa shape index (κ1) is 22.6. The summed E-state index contributed by atoms with van der Waals surface area (Å²) in [6.45, 7) is 6.39.